The summed E-state index contributed by atoms with van der Waals surface area (Å²) in [5.41, 5.74) is 7.58. The quantitative estimate of drug-likeness (QED) is 0.691. The molecule has 0 aromatic heterocycles. The van der Waals surface area contributed by atoms with Crippen LogP contribution in [0.5, 0.6) is 0 Å². The molecule has 28 heavy (non-hydrogen) atoms. The first-order valence-electron chi connectivity index (χ1n) is 10.3. The Kier molecular flexibility index (Phi) is 6.78. The number of hydrogen-bond donors (Lipinski definition) is 3. The molecule has 3 atom stereocenters. The van der Waals surface area contributed by atoms with Gasteiger partial charge in [0, 0.05) is 50.4 Å². The number of carbonyl (C=O) groups excluding carboxylic acids is 2. The number of nitrogens with one attached hydrogen (secondary N) is 1. The summed E-state index contributed by atoms with van der Waals surface area (Å²) in [6.45, 7) is 4.96. The molecule has 0 spiro atoms. The molecule has 2 aliphatic rings. The molecule has 3 unspecified atom stereocenters. The number of anilines is 1. The normalized spacial score (nSPS) is 25.0. The van der Waals surface area contributed by atoms with Gasteiger partial charge in [0.25, 0.3) is 0 Å². The molecule has 0 aliphatic carbocycles. The number of rotatable bonds is 6. The highest BCUT2D eigenvalue weighted by atomic mass is 16.3. The SMILES string of the molecule is CCC1C(CO)CCN1C(=O)NCc1ccc(N2CCCC(C(N)=O)C2)cc1. The summed E-state index contributed by atoms with van der Waals surface area (Å²) in [6, 6.07) is 8.16. The number of urea groups is 1. The van der Waals surface area contributed by atoms with Crippen LogP contribution in [-0.4, -0.2) is 54.2 Å². The third-order valence-corrected chi connectivity index (χ3v) is 6.17. The van der Waals surface area contributed by atoms with Crippen molar-refractivity contribution in [2.75, 3.05) is 31.1 Å². The number of likely N-dealkylation sites (tertiary alicyclic amines) is 1. The zero-order valence-corrected chi connectivity index (χ0v) is 16.6. The minimum atomic E-state index is -0.222. The second kappa shape index (κ2) is 9.28. The van der Waals surface area contributed by atoms with E-state index in [0.717, 1.165) is 43.5 Å². The van der Waals surface area contributed by atoms with E-state index in [1.54, 1.807) is 0 Å². The lowest BCUT2D eigenvalue weighted by Crippen LogP contribution is -2.44. The molecule has 2 saturated heterocycles. The van der Waals surface area contributed by atoms with Gasteiger partial charge in [0.15, 0.2) is 0 Å². The summed E-state index contributed by atoms with van der Waals surface area (Å²) >= 11 is 0. The molecule has 7 heteroatoms. The lowest BCUT2D eigenvalue weighted by Gasteiger charge is -2.33. The van der Waals surface area contributed by atoms with E-state index in [-0.39, 0.29) is 36.4 Å². The predicted octanol–water partition coefficient (Wildman–Crippen LogP) is 1.69. The van der Waals surface area contributed by atoms with Gasteiger partial charge < -0.3 is 26.0 Å². The Hall–Kier alpha value is -2.28. The fourth-order valence-corrected chi connectivity index (χ4v) is 4.48. The molecule has 7 nitrogen and oxygen atoms in total. The first-order chi connectivity index (χ1) is 13.5. The molecule has 154 valence electrons. The van der Waals surface area contributed by atoms with Gasteiger partial charge in [-0.05, 0) is 43.4 Å². The van der Waals surface area contributed by atoms with Crippen LogP contribution in [0.1, 0.15) is 38.2 Å². The van der Waals surface area contributed by atoms with Gasteiger partial charge in [0.2, 0.25) is 5.91 Å². The average molecular weight is 389 g/mol. The van der Waals surface area contributed by atoms with E-state index in [2.05, 4.69) is 17.1 Å². The highest BCUT2D eigenvalue weighted by Gasteiger charge is 2.35. The fraction of sp³-hybridized carbons (Fsp3) is 0.619. The molecular weight excluding hydrogens is 356 g/mol. The predicted molar refractivity (Wildman–Crippen MR) is 109 cm³/mol. The van der Waals surface area contributed by atoms with Crippen LogP contribution in [0, 0.1) is 11.8 Å². The Morgan fingerprint density at radius 1 is 1.21 bits per heavy atom. The van der Waals surface area contributed by atoms with Crippen LogP contribution in [-0.2, 0) is 11.3 Å². The number of hydrogen-bond acceptors (Lipinski definition) is 4. The van der Waals surface area contributed by atoms with Gasteiger partial charge in [-0.2, -0.15) is 0 Å². The van der Waals surface area contributed by atoms with Crippen molar-refractivity contribution in [3.8, 4) is 0 Å². The average Bonchev–Trinajstić information content (AvgIpc) is 3.15. The Morgan fingerprint density at radius 3 is 2.61 bits per heavy atom. The highest BCUT2D eigenvalue weighted by Crippen LogP contribution is 2.26. The fourth-order valence-electron chi connectivity index (χ4n) is 4.48. The summed E-state index contributed by atoms with van der Waals surface area (Å²) in [5.74, 6) is -0.119. The van der Waals surface area contributed by atoms with Crippen molar-refractivity contribution in [3.05, 3.63) is 29.8 Å². The molecule has 2 heterocycles. The Bertz CT molecular complexity index is 679. The maximum Gasteiger partial charge on any atom is 0.317 e. The van der Waals surface area contributed by atoms with Crippen molar-refractivity contribution >= 4 is 17.6 Å². The summed E-state index contributed by atoms with van der Waals surface area (Å²) in [5, 5.41) is 12.5. The lowest BCUT2D eigenvalue weighted by atomic mass is 9.97. The maximum absolute atomic E-state index is 12.5. The smallest absolute Gasteiger partial charge is 0.317 e. The van der Waals surface area contributed by atoms with Gasteiger partial charge in [-0.1, -0.05) is 19.1 Å². The van der Waals surface area contributed by atoms with E-state index in [1.807, 2.05) is 29.2 Å². The van der Waals surface area contributed by atoms with Crippen molar-refractivity contribution in [1.29, 1.82) is 0 Å². The Morgan fingerprint density at radius 2 is 1.96 bits per heavy atom. The number of carbonyl (C=O) groups is 2. The van der Waals surface area contributed by atoms with Crippen molar-refractivity contribution in [2.45, 2.75) is 45.2 Å². The van der Waals surface area contributed by atoms with Gasteiger partial charge in [-0.15, -0.1) is 0 Å². The van der Waals surface area contributed by atoms with Gasteiger partial charge >= 0.3 is 6.03 Å². The second-order valence-corrected chi connectivity index (χ2v) is 7.91. The number of nitrogens with zero attached hydrogens (tertiary/aromatic N) is 2. The van der Waals surface area contributed by atoms with E-state index in [4.69, 9.17) is 5.73 Å². The van der Waals surface area contributed by atoms with Crippen LogP contribution in [0.2, 0.25) is 0 Å². The summed E-state index contributed by atoms with van der Waals surface area (Å²) in [6.07, 6.45) is 3.55. The summed E-state index contributed by atoms with van der Waals surface area (Å²) in [4.78, 5) is 28.1. The van der Waals surface area contributed by atoms with Gasteiger partial charge in [0.05, 0.1) is 5.92 Å². The Balaban J connectivity index is 1.53. The van der Waals surface area contributed by atoms with Crippen LogP contribution < -0.4 is 16.0 Å². The topological polar surface area (TPSA) is 98.9 Å². The number of aliphatic hydroxyl groups is 1. The van der Waals surface area contributed by atoms with Crippen LogP contribution in [0.4, 0.5) is 10.5 Å². The van der Waals surface area contributed by atoms with Crippen LogP contribution >= 0.6 is 0 Å². The standard InChI is InChI=1S/C21H32N4O3/c1-2-19-17(14-26)9-11-25(19)21(28)23-12-15-5-7-18(8-6-15)24-10-3-4-16(13-24)20(22)27/h5-8,16-17,19,26H,2-4,9-14H2,1H3,(H2,22,27)(H,23,28). The summed E-state index contributed by atoms with van der Waals surface area (Å²) in [7, 11) is 0. The molecule has 0 radical (unpaired) electrons. The molecule has 0 bridgehead atoms. The largest absolute Gasteiger partial charge is 0.396 e. The number of amides is 3. The molecule has 2 fully saturated rings. The van der Waals surface area contributed by atoms with Crippen molar-refractivity contribution in [2.24, 2.45) is 17.6 Å². The van der Waals surface area contributed by atoms with E-state index < -0.39 is 0 Å². The lowest BCUT2D eigenvalue weighted by molar-refractivity contribution is -0.122. The maximum atomic E-state index is 12.5. The first-order valence-corrected chi connectivity index (χ1v) is 10.3. The van der Waals surface area contributed by atoms with Crippen molar-refractivity contribution < 1.29 is 14.7 Å². The van der Waals surface area contributed by atoms with Gasteiger partial charge in [-0.25, -0.2) is 4.79 Å². The minimum Gasteiger partial charge on any atom is -0.396 e. The molecule has 0 saturated carbocycles. The monoisotopic (exact) mass is 388 g/mol. The summed E-state index contributed by atoms with van der Waals surface area (Å²) < 4.78 is 0. The van der Waals surface area contributed by atoms with Crippen molar-refractivity contribution in [1.82, 2.24) is 10.2 Å². The number of primary amides is 1. The van der Waals surface area contributed by atoms with E-state index in [0.29, 0.717) is 19.6 Å². The zero-order chi connectivity index (χ0) is 20.1. The van der Waals surface area contributed by atoms with Crippen molar-refractivity contribution in [3.63, 3.8) is 0 Å². The molecule has 4 N–H and O–H groups in total. The van der Waals surface area contributed by atoms with Crippen LogP contribution in [0.15, 0.2) is 24.3 Å². The van der Waals surface area contributed by atoms with E-state index >= 15 is 0 Å². The Labute approximate surface area is 166 Å². The minimum absolute atomic E-state index is 0.0628. The van der Waals surface area contributed by atoms with Crippen LogP contribution in [0.3, 0.4) is 0 Å². The second-order valence-electron chi connectivity index (χ2n) is 7.91. The molecule has 1 aromatic carbocycles. The first kappa shape index (κ1) is 20.5. The van der Waals surface area contributed by atoms with Crippen LogP contribution in [0.25, 0.3) is 0 Å². The molecule has 3 amide bonds. The number of benzene rings is 1. The number of nitrogens with two attached hydrogens (primary N) is 1. The molecule has 3 rings (SSSR count). The zero-order valence-electron chi connectivity index (χ0n) is 16.6. The van der Waals surface area contributed by atoms with E-state index in [1.165, 1.54) is 0 Å². The molecular formula is C21H32N4O3. The third-order valence-electron chi connectivity index (χ3n) is 6.17. The molecule has 2 aliphatic heterocycles. The van der Waals surface area contributed by atoms with Gasteiger partial charge in [-0.3, -0.25) is 4.79 Å². The number of piperidine rings is 1. The van der Waals surface area contributed by atoms with E-state index in [9.17, 15) is 14.7 Å². The highest BCUT2D eigenvalue weighted by molar-refractivity contribution is 5.77. The number of aliphatic hydroxyl groups excluding tert-OH is 1. The van der Waals surface area contributed by atoms with Gasteiger partial charge in [0.1, 0.15) is 0 Å². The third kappa shape index (κ3) is 4.58. The molecule has 1 aromatic rings.